The van der Waals surface area contributed by atoms with Crippen molar-refractivity contribution >= 4 is 0 Å². The van der Waals surface area contributed by atoms with Crippen LogP contribution >= 0.6 is 0 Å². The second-order valence-electron chi connectivity index (χ2n) is 3.63. The zero-order chi connectivity index (χ0) is 16.9. The van der Waals surface area contributed by atoms with E-state index in [-0.39, 0.29) is 32.8 Å². The van der Waals surface area contributed by atoms with E-state index in [2.05, 4.69) is 6.92 Å². The third kappa shape index (κ3) is 27.2. The van der Waals surface area contributed by atoms with Gasteiger partial charge in [0.15, 0.2) is 0 Å². The van der Waals surface area contributed by atoms with Crippen LogP contribution < -0.4 is 0 Å². The van der Waals surface area contributed by atoms with Crippen LogP contribution in [0, 0.1) is 71.1 Å². The van der Waals surface area contributed by atoms with Crippen LogP contribution in [0.2, 0.25) is 0 Å². The maximum Gasteiger partial charge on any atom is 3.00 e. The van der Waals surface area contributed by atoms with Crippen LogP contribution in [0.25, 0.3) is 0 Å². The fourth-order valence-corrected chi connectivity index (χ4v) is 1.09. The summed E-state index contributed by atoms with van der Waals surface area (Å²) in [5.41, 5.74) is 0. The van der Waals surface area contributed by atoms with E-state index in [9.17, 15) is 0 Å². The van der Waals surface area contributed by atoms with Gasteiger partial charge in [0.1, 0.15) is 5.95 Å². The Hall–Kier alpha value is 0.0531. The van der Waals surface area contributed by atoms with Crippen molar-refractivity contribution in [1.29, 1.82) is 0 Å². The van der Waals surface area contributed by atoms with Crippen LogP contribution in [0.5, 0.6) is 0 Å². The van der Waals surface area contributed by atoms with Crippen molar-refractivity contribution in [3.8, 4) is 0 Å². The predicted octanol–water partition coefficient (Wildman–Crippen LogP) is 3.77. The van der Waals surface area contributed by atoms with Gasteiger partial charge in [-0.3, -0.25) is 0 Å². The van der Waals surface area contributed by atoms with E-state index >= 15 is 0 Å². The van der Waals surface area contributed by atoms with Crippen molar-refractivity contribution in [2.75, 3.05) is 19.8 Å². The molecule has 1 N–H and O–H groups in total. The molecule has 2 aliphatic rings. The molecular weight excluding hydrogens is 367 g/mol. The molecule has 0 aromatic heterocycles. The van der Waals surface area contributed by atoms with Gasteiger partial charge in [0.05, 0.1) is 13.2 Å². The Morgan fingerprint density at radius 1 is 0.783 bits per heavy atom. The number of hydrogen-bond acceptors (Lipinski definition) is 3. The Morgan fingerprint density at radius 3 is 1.13 bits per heavy atom. The summed E-state index contributed by atoms with van der Waals surface area (Å²) in [6.45, 7) is 10.5. The maximum absolute atomic E-state index is 7.57. The summed E-state index contributed by atoms with van der Waals surface area (Å²) in [5.74, 6) is 0.514. The molecule has 3 nitrogen and oxygen atoms in total. The molecule has 125 valence electrons. The molecular formula is C19H29O3Zr+2. The molecule has 2 aliphatic carbocycles. The molecule has 2 saturated carbocycles. The monoisotopic (exact) mass is 395 g/mol. The average Bonchev–Trinajstić information content (AvgIpc) is 3.25. The zero-order valence-electron chi connectivity index (χ0n) is 14.4. The first-order valence-corrected chi connectivity index (χ1v) is 7.45. The molecule has 0 bridgehead atoms. The van der Waals surface area contributed by atoms with Crippen LogP contribution in [0.1, 0.15) is 20.8 Å². The van der Waals surface area contributed by atoms with Crippen molar-refractivity contribution < 1.29 is 40.8 Å². The summed E-state index contributed by atoms with van der Waals surface area (Å²) in [5, 5.41) is 7.57. The molecule has 0 aromatic carbocycles. The van der Waals surface area contributed by atoms with Crippen molar-refractivity contribution in [2.24, 2.45) is 0 Å². The van der Waals surface area contributed by atoms with Crippen LogP contribution in [0.3, 0.4) is 0 Å². The molecule has 0 heterocycles. The number of aliphatic hydroxyl groups excluding tert-OH is 1. The van der Waals surface area contributed by atoms with Gasteiger partial charge in [0.25, 0.3) is 0 Å². The van der Waals surface area contributed by atoms with Crippen LogP contribution in [0.4, 0.5) is 0 Å². The molecule has 2 fully saturated rings. The Kier molecular flexibility index (Phi) is 32.6. The van der Waals surface area contributed by atoms with Gasteiger partial charge < -0.3 is 14.6 Å². The van der Waals surface area contributed by atoms with Gasteiger partial charge in [-0.25, -0.2) is 6.92 Å². The summed E-state index contributed by atoms with van der Waals surface area (Å²) >= 11 is 0. The molecule has 0 aromatic rings. The Balaban J connectivity index is -0.000000245. The quantitative estimate of drug-likeness (QED) is 0.581. The Morgan fingerprint density at radius 2 is 1.00 bits per heavy atom. The molecule has 0 saturated heterocycles. The minimum Gasteiger partial charge on any atom is -0.550 e. The second kappa shape index (κ2) is 26.9. The van der Waals surface area contributed by atoms with E-state index in [0.29, 0.717) is 19.2 Å². The van der Waals surface area contributed by atoms with E-state index in [1.165, 1.54) is 0 Å². The molecule has 0 amide bonds. The molecule has 2 rings (SSSR count). The van der Waals surface area contributed by atoms with E-state index in [4.69, 9.17) is 14.6 Å². The molecule has 0 unspecified atom stereocenters. The standard InChI is InChI=1S/C7H13O2.2C5H5.C2H6O.Zr/c1-4-7(8-5-2)9-6-3;2*1-2-4-5-3-1;1-2-3;/h4H,1,5-6H2,2-3H3;2*1-5H;3H,2H2,1H3;/q-1;;;;+3. The van der Waals surface area contributed by atoms with Crippen molar-refractivity contribution in [3.63, 3.8) is 0 Å². The predicted molar refractivity (Wildman–Crippen MR) is 92.5 cm³/mol. The van der Waals surface area contributed by atoms with Crippen LogP contribution in [0.15, 0.2) is 12.0 Å². The van der Waals surface area contributed by atoms with Crippen LogP contribution in [-0.2, 0) is 35.7 Å². The molecule has 0 atom stereocenters. The first kappa shape index (κ1) is 27.9. The molecule has 0 spiro atoms. The van der Waals surface area contributed by atoms with Gasteiger partial charge in [-0.2, -0.15) is 6.08 Å². The van der Waals surface area contributed by atoms with Crippen molar-refractivity contribution in [2.45, 2.75) is 20.8 Å². The molecule has 11 radical (unpaired) electrons. The van der Waals surface area contributed by atoms with E-state index in [1.807, 2.05) is 78.1 Å². The zero-order valence-corrected chi connectivity index (χ0v) is 16.9. The van der Waals surface area contributed by atoms with Gasteiger partial charge >= 0.3 is 26.2 Å². The number of hydrogen-bond donors (Lipinski definition) is 1. The summed E-state index contributed by atoms with van der Waals surface area (Å²) in [7, 11) is 0. The fraction of sp³-hybridized carbons (Fsp3) is 0.316. The number of allylic oxidation sites excluding steroid dienone is 1. The minimum atomic E-state index is 0. The maximum atomic E-state index is 7.57. The Labute approximate surface area is 164 Å². The Bertz CT molecular complexity index is 179. The van der Waals surface area contributed by atoms with Gasteiger partial charge in [0, 0.05) is 6.61 Å². The number of aliphatic hydroxyl groups is 1. The summed E-state index contributed by atoms with van der Waals surface area (Å²) in [6, 6.07) is 0. The number of ether oxygens (including phenoxy) is 2. The largest absolute Gasteiger partial charge is 3.00 e. The molecule has 4 heteroatoms. The summed E-state index contributed by atoms with van der Waals surface area (Å²) < 4.78 is 10.0. The van der Waals surface area contributed by atoms with Crippen molar-refractivity contribution in [3.05, 3.63) is 83.2 Å². The third-order valence-electron chi connectivity index (χ3n) is 1.85. The van der Waals surface area contributed by atoms with E-state index < -0.39 is 0 Å². The number of rotatable bonds is 4. The minimum absolute atomic E-state index is 0. The van der Waals surface area contributed by atoms with Crippen LogP contribution in [-0.4, -0.2) is 24.9 Å². The summed E-state index contributed by atoms with van der Waals surface area (Å²) in [6.07, 6.45) is 21.6. The first-order chi connectivity index (χ1) is 10.8. The molecule has 0 aliphatic heterocycles. The van der Waals surface area contributed by atoms with E-state index in [0.717, 1.165) is 0 Å². The van der Waals surface area contributed by atoms with Crippen molar-refractivity contribution in [1.82, 2.24) is 0 Å². The van der Waals surface area contributed by atoms with Gasteiger partial charge in [-0.05, 0) is 85.0 Å². The second-order valence-corrected chi connectivity index (χ2v) is 3.63. The SMILES string of the molecule is CCO.[CH2-]C=C(OCC)OCC.[CH]1[CH][CH][CH][CH]1.[CH]1[CH][CH][CH][CH]1.[Zr+3]. The van der Waals surface area contributed by atoms with Gasteiger partial charge in [-0.1, -0.05) is 0 Å². The molecule has 23 heavy (non-hydrogen) atoms. The third-order valence-corrected chi connectivity index (χ3v) is 1.85. The topological polar surface area (TPSA) is 38.7 Å². The summed E-state index contributed by atoms with van der Waals surface area (Å²) in [4.78, 5) is 0. The first-order valence-electron chi connectivity index (χ1n) is 7.45. The normalized spacial score (nSPS) is 14.4. The van der Waals surface area contributed by atoms with Gasteiger partial charge in [0.2, 0.25) is 0 Å². The smallest absolute Gasteiger partial charge is 0.550 e. The fourth-order valence-electron chi connectivity index (χ4n) is 1.09. The van der Waals surface area contributed by atoms with Gasteiger partial charge in [-0.15, -0.1) is 0 Å². The average molecular weight is 397 g/mol. The van der Waals surface area contributed by atoms with E-state index in [1.54, 1.807) is 13.0 Å².